The van der Waals surface area contributed by atoms with Crippen molar-refractivity contribution < 1.29 is 4.74 Å². The number of methoxy groups -OCH3 is 1. The molecule has 2 heteroatoms. The molecule has 0 spiro atoms. The van der Waals surface area contributed by atoms with E-state index < -0.39 is 0 Å². The molecule has 0 unspecified atom stereocenters. The summed E-state index contributed by atoms with van der Waals surface area (Å²) in [5.74, 6) is 3.18. The van der Waals surface area contributed by atoms with Gasteiger partial charge in [0.05, 0.1) is 7.11 Å². The van der Waals surface area contributed by atoms with Crippen LogP contribution in [0.1, 0.15) is 50.5 Å². The van der Waals surface area contributed by atoms with Gasteiger partial charge in [0.15, 0.2) is 0 Å². The lowest BCUT2D eigenvalue weighted by atomic mass is 9.26. The van der Waals surface area contributed by atoms with Gasteiger partial charge in [-0.05, 0) is 18.1 Å². The van der Waals surface area contributed by atoms with Gasteiger partial charge in [0.2, 0.25) is 0 Å². The van der Waals surface area contributed by atoms with E-state index in [1.54, 1.807) is 7.11 Å². The molecule has 3 rings (SSSR count). The highest BCUT2D eigenvalue weighted by molar-refractivity contribution is 6.62. The van der Waals surface area contributed by atoms with E-state index in [-0.39, 0.29) is 0 Å². The van der Waals surface area contributed by atoms with E-state index in [1.165, 1.54) is 63.3 Å². The Morgan fingerprint density at radius 1 is 1.05 bits per heavy atom. The Bertz CT molecular complexity index is 409. The number of para-hydroxylation sites is 1. The molecule has 0 aliphatic carbocycles. The molecular formula is C18H27BO. The van der Waals surface area contributed by atoms with Crippen LogP contribution in [0.3, 0.4) is 0 Å². The van der Waals surface area contributed by atoms with Crippen molar-refractivity contribution in [3.8, 4) is 5.75 Å². The maximum Gasteiger partial charge on any atom is 0.146 e. The Labute approximate surface area is 124 Å². The van der Waals surface area contributed by atoms with Gasteiger partial charge in [-0.15, -0.1) is 0 Å². The summed E-state index contributed by atoms with van der Waals surface area (Å²) < 4.78 is 5.46. The first-order chi connectivity index (χ1) is 9.88. The standard InChI is InChI=1S/C18H27BO/c1-20-18-13-3-2-7-15(18)8-6-14-19-16-9-4-10-17(19)12-5-11-16/h2-3,7,13,16-17H,4-6,8-12,14H2,1H3. The number of hydrogen-bond acceptors (Lipinski definition) is 1. The minimum atomic E-state index is 1.03. The van der Waals surface area contributed by atoms with Crippen molar-refractivity contribution in [2.24, 2.45) is 0 Å². The third-order valence-corrected chi connectivity index (χ3v) is 5.69. The zero-order valence-corrected chi connectivity index (χ0v) is 12.8. The molecule has 0 saturated carbocycles. The zero-order chi connectivity index (χ0) is 13.8. The largest absolute Gasteiger partial charge is 0.496 e. The molecule has 0 atom stereocenters. The van der Waals surface area contributed by atoms with Crippen molar-refractivity contribution >= 4 is 6.71 Å². The lowest BCUT2D eigenvalue weighted by molar-refractivity contribution is 0.409. The molecule has 2 saturated heterocycles. The highest BCUT2D eigenvalue weighted by atomic mass is 16.5. The lowest BCUT2D eigenvalue weighted by Gasteiger charge is -2.40. The van der Waals surface area contributed by atoms with Crippen molar-refractivity contribution in [3.63, 3.8) is 0 Å². The fourth-order valence-corrected chi connectivity index (χ4v) is 4.72. The Hall–Kier alpha value is -0.915. The Balaban J connectivity index is 1.54. The number of ether oxygens (including phenoxy) is 1. The van der Waals surface area contributed by atoms with E-state index >= 15 is 0 Å². The van der Waals surface area contributed by atoms with Gasteiger partial charge in [0.25, 0.3) is 0 Å². The van der Waals surface area contributed by atoms with Crippen molar-refractivity contribution in [1.82, 2.24) is 0 Å². The average Bonchev–Trinajstić information content (AvgIpc) is 2.47. The molecule has 0 amide bonds. The summed E-state index contributed by atoms with van der Waals surface area (Å²) in [5, 5.41) is 0. The summed E-state index contributed by atoms with van der Waals surface area (Å²) >= 11 is 0. The number of hydrogen-bond donors (Lipinski definition) is 0. The molecule has 1 nitrogen and oxygen atoms in total. The molecule has 108 valence electrons. The first-order valence-corrected chi connectivity index (χ1v) is 8.50. The van der Waals surface area contributed by atoms with Gasteiger partial charge in [-0.25, -0.2) is 0 Å². The number of fused-ring (bicyclic) bond motifs is 2. The maximum absolute atomic E-state index is 5.46. The molecule has 0 aromatic heterocycles. The van der Waals surface area contributed by atoms with Crippen LogP contribution in [-0.4, -0.2) is 13.8 Å². The molecule has 2 fully saturated rings. The molecular weight excluding hydrogens is 243 g/mol. The van der Waals surface area contributed by atoms with Crippen LogP contribution in [0.2, 0.25) is 18.0 Å². The van der Waals surface area contributed by atoms with Crippen LogP contribution in [0.4, 0.5) is 0 Å². The number of rotatable bonds is 5. The predicted molar refractivity (Wildman–Crippen MR) is 87.1 cm³/mol. The molecule has 2 aliphatic rings. The number of benzene rings is 1. The highest BCUT2D eigenvalue weighted by Crippen LogP contribution is 2.48. The second-order valence-electron chi connectivity index (χ2n) is 6.75. The van der Waals surface area contributed by atoms with Crippen LogP contribution in [0, 0.1) is 0 Å². The van der Waals surface area contributed by atoms with E-state index in [0.717, 1.165) is 24.1 Å². The molecule has 2 heterocycles. The maximum atomic E-state index is 5.46. The molecule has 2 bridgehead atoms. The summed E-state index contributed by atoms with van der Waals surface area (Å²) in [4.78, 5) is 0. The van der Waals surface area contributed by atoms with Crippen LogP contribution < -0.4 is 4.74 Å². The highest BCUT2D eigenvalue weighted by Gasteiger charge is 2.38. The van der Waals surface area contributed by atoms with Crippen LogP contribution in [0.25, 0.3) is 0 Å². The molecule has 0 radical (unpaired) electrons. The summed E-state index contributed by atoms with van der Waals surface area (Å²) in [6.07, 6.45) is 13.0. The van der Waals surface area contributed by atoms with Gasteiger partial charge in [0, 0.05) is 0 Å². The van der Waals surface area contributed by atoms with E-state index in [4.69, 9.17) is 4.74 Å². The summed E-state index contributed by atoms with van der Waals surface area (Å²) in [6.45, 7) is 1.03. The number of aryl methyl sites for hydroxylation is 1. The van der Waals surface area contributed by atoms with Gasteiger partial charge < -0.3 is 4.74 Å². The minimum Gasteiger partial charge on any atom is -0.496 e. The van der Waals surface area contributed by atoms with Crippen LogP contribution in [0.5, 0.6) is 5.75 Å². The predicted octanol–water partition coefficient (Wildman–Crippen LogP) is 5.23. The van der Waals surface area contributed by atoms with Crippen LogP contribution >= 0.6 is 0 Å². The minimum absolute atomic E-state index is 1.03. The van der Waals surface area contributed by atoms with Crippen molar-refractivity contribution in [2.45, 2.75) is 69.3 Å². The van der Waals surface area contributed by atoms with E-state index in [0.29, 0.717) is 0 Å². The van der Waals surface area contributed by atoms with E-state index in [9.17, 15) is 0 Å². The average molecular weight is 270 g/mol. The quantitative estimate of drug-likeness (QED) is 0.665. The fraction of sp³-hybridized carbons (Fsp3) is 0.667. The molecule has 20 heavy (non-hydrogen) atoms. The summed E-state index contributed by atoms with van der Waals surface area (Å²) in [7, 11) is 1.78. The van der Waals surface area contributed by atoms with Gasteiger partial charge >= 0.3 is 0 Å². The molecule has 0 N–H and O–H groups in total. The second kappa shape index (κ2) is 6.69. The van der Waals surface area contributed by atoms with E-state index in [1.807, 2.05) is 0 Å². The summed E-state index contributed by atoms with van der Waals surface area (Å²) in [6, 6.07) is 8.51. The van der Waals surface area contributed by atoms with E-state index in [2.05, 4.69) is 24.3 Å². The van der Waals surface area contributed by atoms with Crippen molar-refractivity contribution in [3.05, 3.63) is 29.8 Å². The van der Waals surface area contributed by atoms with Crippen molar-refractivity contribution in [2.75, 3.05) is 7.11 Å². The Kier molecular flexibility index (Phi) is 4.70. The normalized spacial score (nSPS) is 25.6. The van der Waals surface area contributed by atoms with Gasteiger partial charge in [0.1, 0.15) is 12.5 Å². The Morgan fingerprint density at radius 3 is 2.35 bits per heavy atom. The molecule has 1 aromatic carbocycles. The van der Waals surface area contributed by atoms with Crippen LogP contribution in [0.15, 0.2) is 24.3 Å². The third kappa shape index (κ3) is 3.05. The first kappa shape index (κ1) is 14.0. The third-order valence-electron chi connectivity index (χ3n) is 5.69. The fourth-order valence-electron chi connectivity index (χ4n) is 4.72. The summed E-state index contributed by atoms with van der Waals surface area (Å²) in [5.41, 5.74) is 1.39. The van der Waals surface area contributed by atoms with Gasteiger partial charge in [-0.1, -0.05) is 81.1 Å². The topological polar surface area (TPSA) is 9.23 Å². The van der Waals surface area contributed by atoms with Gasteiger partial charge in [-0.2, -0.15) is 0 Å². The lowest BCUT2D eigenvalue weighted by Crippen LogP contribution is -2.34. The molecule has 1 aromatic rings. The first-order valence-electron chi connectivity index (χ1n) is 8.50. The Morgan fingerprint density at radius 2 is 1.70 bits per heavy atom. The smallest absolute Gasteiger partial charge is 0.146 e. The van der Waals surface area contributed by atoms with Crippen LogP contribution in [-0.2, 0) is 6.42 Å². The van der Waals surface area contributed by atoms with Gasteiger partial charge in [-0.3, -0.25) is 0 Å². The van der Waals surface area contributed by atoms with Crippen molar-refractivity contribution in [1.29, 1.82) is 0 Å². The SMILES string of the molecule is COc1ccccc1CCCB1C2CCCC1CCC2. The second-order valence-corrected chi connectivity index (χ2v) is 6.75. The monoisotopic (exact) mass is 270 g/mol. The zero-order valence-electron chi connectivity index (χ0n) is 12.8. The molecule has 2 aliphatic heterocycles.